The van der Waals surface area contributed by atoms with E-state index in [0.717, 1.165) is 38.8 Å². The molecule has 0 aliphatic carbocycles. The number of hydrogen-bond acceptors (Lipinski definition) is 4. The third-order valence-corrected chi connectivity index (χ3v) is 2.53. The first-order valence-corrected chi connectivity index (χ1v) is 6.34. The number of rotatable bonds is 10. The van der Waals surface area contributed by atoms with Crippen molar-refractivity contribution in [2.45, 2.75) is 51.9 Å². The highest BCUT2D eigenvalue weighted by molar-refractivity contribution is 6.40. The first kappa shape index (κ1) is 15.9. The molecular weight excluding hydrogens is 203 g/mol. The van der Waals surface area contributed by atoms with Gasteiger partial charge in [-0.2, -0.15) is 0 Å². The summed E-state index contributed by atoms with van der Waals surface area (Å²) >= 11 is 0. The molecule has 0 aromatic rings. The second-order valence-corrected chi connectivity index (χ2v) is 4.91. The van der Waals surface area contributed by atoms with E-state index in [1.54, 1.807) is 0 Å². The van der Waals surface area contributed by atoms with Crippen LogP contribution < -0.4 is 11.1 Å². The summed E-state index contributed by atoms with van der Waals surface area (Å²) in [7, 11) is -1.16. The minimum atomic E-state index is -1.16. The Balaban J connectivity index is 3.21. The van der Waals surface area contributed by atoms with Crippen molar-refractivity contribution >= 4 is 7.12 Å². The van der Waals surface area contributed by atoms with Crippen molar-refractivity contribution < 1.29 is 10.0 Å². The molecule has 0 heterocycles. The second-order valence-electron chi connectivity index (χ2n) is 4.91. The van der Waals surface area contributed by atoms with Crippen molar-refractivity contribution in [2.24, 2.45) is 11.7 Å². The van der Waals surface area contributed by atoms with Gasteiger partial charge < -0.3 is 21.1 Å². The lowest BCUT2D eigenvalue weighted by atomic mass is 9.83. The summed E-state index contributed by atoms with van der Waals surface area (Å²) < 4.78 is 0. The van der Waals surface area contributed by atoms with E-state index >= 15 is 0 Å². The minimum Gasteiger partial charge on any atom is -0.427 e. The van der Waals surface area contributed by atoms with Crippen LogP contribution in [0.4, 0.5) is 0 Å². The first-order valence-electron chi connectivity index (χ1n) is 6.34. The largest absolute Gasteiger partial charge is 0.451 e. The Labute approximate surface area is 99.8 Å². The fraction of sp³-hybridized carbons (Fsp3) is 1.00. The molecule has 4 nitrogen and oxygen atoms in total. The summed E-state index contributed by atoms with van der Waals surface area (Å²) in [5.41, 5.74) is 5.94. The molecule has 1 atom stereocenters. The topological polar surface area (TPSA) is 78.5 Å². The second kappa shape index (κ2) is 10.1. The molecule has 0 fully saturated rings. The maximum Gasteiger partial charge on any atom is 0.451 e. The van der Waals surface area contributed by atoms with Crippen LogP contribution in [0.25, 0.3) is 0 Å². The minimum absolute atomic E-state index is 0.232. The van der Waals surface area contributed by atoms with Gasteiger partial charge in [0.15, 0.2) is 0 Å². The molecule has 0 aromatic heterocycles. The monoisotopic (exact) mass is 230 g/mol. The number of nitrogens with two attached hydrogens (primary N) is 1. The summed E-state index contributed by atoms with van der Waals surface area (Å²) in [5, 5.41) is 20.7. The zero-order chi connectivity index (χ0) is 12.4. The highest BCUT2D eigenvalue weighted by Crippen LogP contribution is 2.05. The Morgan fingerprint density at radius 3 is 2.44 bits per heavy atom. The van der Waals surface area contributed by atoms with Gasteiger partial charge in [0, 0.05) is 6.04 Å². The highest BCUT2D eigenvalue weighted by Gasteiger charge is 2.07. The summed E-state index contributed by atoms with van der Waals surface area (Å²) in [6.07, 6.45) is 4.23. The Morgan fingerprint density at radius 1 is 1.19 bits per heavy atom. The van der Waals surface area contributed by atoms with Gasteiger partial charge in [0.2, 0.25) is 0 Å². The van der Waals surface area contributed by atoms with Crippen LogP contribution in [0.3, 0.4) is 0 Å². The molecule has 0 radical (unpaired) electrons. The quantitative estimate of drug-likeness (QED) is 0.327. The van der Waals surface area contributed by atoms with E-state index in [2.05, 4.69) is 19.2 Å². The van der Waals surface area contributed by atoms with Crippen LogP contribution in [0, 0.1) is 5.92 Å². The average Bonchev–Trinajstić information content (AvgIpc) is 2.19. The van der Waals surface area contributed by atoms with Gasteiger partial charge in [0.05, 0.1) is 0 Å². The van der Waals surface area contributed by atoms with Crippen LogP contribution in [0.5, 0.6) is 0 Å². The van der Waals surface area contributed by atoms with Gasteiger partial charge in [-0.3, -0.25) is 0 Å². The SMILES string of the molecule is CC(C)CNCCC(N)CCCCB(O)O. The van der Waals surface area contributed by atoms with Crippen molar-refractivity contribution in [1.82, 2.24) is 5.32 Å². The zero-order valence-corrected chi connectivity index (χ0v) is 10.7. The van der Waals surface area contributed by atoms with Gasteiger partial charge in [0.25, 0.3) is 0 Å². The highest BCUT2D eigenvalue weighted by atomic mass is 16.4. The van der Waals surface area contributed by atoms with Crippen molar-refractivity contribution in [3.63, 3.8) is 0 Å². The van der Waals surface area contributed by atoms with E-state index in [0.29, 0.717) is 12.2 Å². The molecule has 16 heavy (non-hydrogen) atoms. The Morgan fingerprint density at radius 2 is 1.88 bits per heavy atom. The normalized spacial score (nSPS) is 13.1. The lowest BCUT2D eigenvalue weighted by Gasteiger charge is -2.12. The third-order valence-electron chi connectivity index (χ3n) is 2.53. The molecule has 0 saturated carbocycles. The maximum atomic E-state index is 8.66. The molecule has 0 amide bonds. The predicted octanol–water partition coefficient (Wildman–Crippen LogP) is 0.592. The van der Waals surface area contributed by atoms with Gasteiger partial charge in [0.1, 0.15) is 0 Å². The van der Waals surface area contributed by atoms with Crippen LogP contribution in [0.15, 0.2) is 0 Å². The molecule has 1 unspecified atom stereocenters. The van der Waals surface area contributed by atoms with E-state index in [9.17, 15) is 0 Å². The molecule has 96 valence electrons. The predicted molar refractivity (Wildman–Crippen MR) is 69.1 cm³/mol. The first-order chi connectivity index (χ1) is 7.52. The fourth-order valence-electron chi connectivity index (χ4n) is 1.56. The standard InChI is InChI=1S/C11H27BN2O2/c1-10(2)9-14-8-6-11(13)5-3-4-7-12(15)16/h10-11,14-16H,3-9,13H2,1-2H3. The molecule has 0 bridgehead atoms. The van der Waals surface area contributed by atoms with Gasteiger partial charge in [-0.25, -0.2) is 0 Å². The molecule has 0 spiro atoms. The maximum absolute atomic E-state index is 8.66. The van der Waals surface area contributed by atoms with E-state index in [4.69, 9.17) is 15.8 Å². The van der Waals surface area contributed by atoms with Crippen LogP contribution in [-0.2, 0) is 0 Å². The van der Waals surface area contributed by atoms with Crippen LogP contribution in [-0.4, -0.2) is 36.3 Å². The molecule has 0 aliphatic rings. The van der Waals surface area contributed by atoms with Crippen molar-refractivity contribution in [2.75, 3.05) is 13.1 Å². The summed E-state index contributed by atoms with van der Waals surface area (Å²) in [4.78, 5) is 0. The zero-order valence-electron chi connectivity index (χ0n) is 10.7. The lowest BCUT2D eigenvalue weighted by molar-refractivity contribution is 0.400. The van der Waals surface area contributed by atoms with Crippen LogP contribution >= 0.6 is 0 Å². The summed E-state index contributed by atoms with van der Waals surface area (Å²) in [5.74, 6) is 0.683. The van der Waals surface area contributed by atoms with E-state index in [1.807, 2.05) is 0 Å². The van der Waals surface area contributed by atoms with Gasteiger partial charge in [-0.1, -0.05) is 26.7 Å². The fourth-order valence-corrected chi connectivity index (χ4v) is 1.56. The molecular formula is C11H27BN2O2. The van der Waals surface area contributed by atoms with E-state index in [-0.39, 0.29) is 6.04 Å². The average molecular weight is 230 g/mol. The van der Waals surface area contributed by atoms with Crippen LogP contribution in [0.1, 0.15) is 39.5 Å². The van der Waals surface area contributed by atoms with Gasteiger partial charge >= 0.3 is 7.12 Å². The van der Waals surface area contributed by atoms with Gasteiger partial charge in [-0.15, -0.1) is 0 Å². The Kier molecular flexibility index (Phi) is 10.0. The van der Waals surface area contributed by atoms with Crippen molar-refractivity contribution in [1.29, 1.82) is 0 Å². The molecule has 5 heteroatoms. The summed E-state index contributed by atoms with van der Waals surface area (Å²) in [6, 6.07) is 0.232. The van der Waals surface area contributed by atoms with Gasteiger partial charge in [-0.05, 0) is 38.2 Å². The molecule has 0 saturated heterocycles. The molecule has 0 aliphatic heterocycles. The number of unbranched alkanes of at least 4 members (excludes halogenated alkanes) is 1. The van der Waals surface area contributed by atoms with Crippen LogP contribution in [0.2, 0.25) is 6.32 Å². The summed E-state index contributed by atoms with van der Waals surface area (Å²) in [6.45, 7) is 6.39. The molecule has 0 rings (SSSR count). The molecule has 5 N–H and O–H groups in total. The molecule has 0 aromatic carbocycles. The smallest absolute Gasteiger partial charge is 0.427 e. The van der Waals surface area contributed by atoms with Crippen molar-refractivity contribution in [3.05, 3.63) is 0 Å². The van der Waals surface area contributed by atoms with E-state index in [1.165, 1.54) is 0 Å². The van der Waals surface area contributed by atoms with E-state index < -0.39 is 7.12 Å². The Bertz CT molecular complexity index is 141. The Hall–Kier alpha value is -0.0951. The lowest BCUT2D eigenvalue weighted by Crippen LogP contribution is -2.28. The number of nitrogens with one attached hydrogen (secondary N) is 1. The van der Waals surface area contributed by atoms with Crippen molar-refractivity contribution in [3.8, 4) is 0 Å². The number of hydrogen-bond donors (Lipinski definition) is 4. The third kappa shape index (κ3) is 12.0.